The first-order valence-electron chi connectivity index (χ1n) is 6.80. The molecule has 0 saturated heterocycles. The van der Waals surface area contributed by atoms with Crippen molar-refractivity contribution < 1.29 is 14.2 Å². The largest absolute Gasteiger partial charge is 0.505 e. The topological polar surface area (TPSA) is 66.1 Å². The van der Waals surface area contributed by atoms with Gasteiger partial charge in [-0.05, 0) is 30.3 Å². The van der Waals surface area contributed by atoms with Crippen LogP contribution in [0.2, 0.25) is 0 Å². The predicted molar refractivity (Wildman–Crippen MR) is 82.5 cm³/mol. The Hall–Kier alpha value is -3.39. The fourth-order valence-electron chi connectivity index (χ4n) is 2.06. The minimum atomic E-state index is -0.715. The van der Waals surface area contributed by atoms with Crippen molar-refractivity contribution in [3.8, 4) is 34.7 Å². The Bertz CT molecular complexity index is 904. The number of hydrogen-bond acceptors (Lipinski definition) is 4. The quantitative estimate of drug-likeness (QED) is 0.785. The van der Waals surface area contributed by atoms with Crippen molar-refractivity contribution in [2.75, 3.05) is 0 Å². The Balaban J connectivity index is 1.90. The Morgan fingerprint density at radius 2 is 1.87 bits per heavy atom. The number of halogens is 1. The monoisotopic (exact) mass is 306 g/mol. The average Bonchev–Trinajstić information content (AvgIpc) is 2.58. The maximum absolute atomic E-state index is 13.0. The van der Waals surface area contributed by atoms with E-state index in [0.29, 0.717) is 17.1 Å². The van der Waals surface area contributed by atoms with E-state index in [2.05, 4.69) is 11.1 Å². The molecule has 0 aliphatic carbocycles. The van der Waals surface area contributed by atoms with Crippen LogP contribution in [0.15, 0.2) is 60.7 Å². The summed E-state index contributed by atoms with van der Waals surface area (Å²) in [4.78, 5) is 4.36. The van der Waals surface area contributed by atoms with Gasteiger partial charge in [0.05, 0.1) is 17.3 Å². The number of nitriles is 1. The van der Waals surface area contributed by atoms with Gasteiger partial charge in [0.2, 0.25) is 5.88 Å². The maximum atomic E-state index is 13.0. The lowest BCUT2D eigenvalue weighted by atomic mass is 10.1. The molecule has 0 aliphatic rings. The fraction of sp³-hybridized carbons (Fsp3) is 0. The molecular weight excluding hydrogens is 295 g/mol. The minimum Gasteiger partial charge on any atom is -0.505 e. The summed E-state index contributed by atoms with van der Waals surface area (Å²) in [5.74, 6) is -0.622. The number of phenols is 1. The van der Waals surface area contributed by atoms with Crippen molar-refractivity contribution in [3.05, 3.63) is 72.0 Å². The number of benzene rings is 2. The second-order valence-corrected chi connectivity index (χ2v) is 4.77. The first kappa shape index (κ1) is 14.5. The lowest BCUT2D eigenvalue weighted by molar-refractivity contribution is 0.418. The van der Waals surface area contributed by atoms with E-state index in [1.807, 2.05) is 6.07 Å². The molecule has 0 fully saturated rings. The van der Waals surface area contributed by atoms with Gasteiger partial charge >= 0.3 is 0 Å². The molecule has 4 nitrogen and oxygen atoms in total. The van der Waals surface area contributed by atoms with Gasteiger partial charge in [0, 0.05) is 17.7 Å². The van der Waals surface area contributed by atoms with E-state index in [-0.39, 0.29) is 5.75 Å². The van der Waals surface area contributed by atoms with Crippen LogP contribution < -0.4 is 4.74 Å². The van der Waals surface area contributed by atoms with Crippen LogP contribution >= 0.6 is 0 Å². The first-order valence-corrected chi connectivity index (χ1v) is 6.80. The van der Waals surface area contributed by atoms with Gasteiger partial charge in [0.1, 0.15) is 5.75 Å². The standard InChI is InChI=1S/C18H11FN2O2/c19-15-8-7-14(10-17(15)22)23-18-6-2-5-16(21-18)13-4-1-3-12(9-13)11-20/h1-10,22H. The predicted octanol–water partition coefficient (Wildman–Crippen LogP) is 4.26. The Kier molecular flexibility index (Phi) is 3.89. The molecular formula is C18H11FN2O2. The summed E-state index contributed by atoms with van der Waals surface area (Å²) in [5, 5.41) is 18.3. The summed E-state index contributed by atoms with van der Waals surface area (Å²) in [6, 6.07) is 18.1. The summed E-state index contributed by atoms with van der Waals surface area (Å²) in [7, 11) is 0. The molecule has 3 aromatic rings. The number of ether oxygens (including phenoxy) is 1. The van der Waals surface area contributed by atoms with E-state index in [1.54, 1.807) is 36.4 Å². The van der Waals surface area contributed by atoms with Crippen molar-refractivity contribution in [1.82, 2.24) is 4.98 Å². The van der Waals surface area contributed by atoms with Crippen LogP contribution in [0, 0.1) is 17.1 Å². The molecule has 1 heterocycles. The fourth-order valence-corrected chi connectivity index (χ4v) is 2.06. The van der Waals surface area contributed by atoms with Crippen LogP contribution in [0.4, 0.5) is 4.39 Å². The van der Waals surface area contributed by atoms with Gasteiger partial charge in [-0.1, -0.05) is 18.2 Å². The normalized spacial score (nSPS) is 10.1. The molecule has 112 valence electrons. The lowest BCUT2D eigenvalue weighted by Crippen LogP contribution is -1.91. The molecule has 5 heteroatoms. The molecule has 1 aromatic heterocycles. The van der Waals surface area contributed by atoms with Crippen molar-refractivity contribution >= 4 is 0 Å². The van der Waals surface area contributed by atoms with E-state index >= 15 is 0 Å². The smallest absolute Gasteiger partial charge is 0.219 e. The highest BCUT2D eigenvalue weighted by Gasteiger charge is 2.06. The highest BCUT2D eigenvalue weighted by molar-refractivity contribution is 5.61. The number of aromatic hydroxyl groups is 1. The molecule has 0 aliphatic heterocycles. The number of rotatable bonds is 3. The summed E-state index contributed by atoms with van der Waals surface area (Å²) in [6.45, 7) is 0. The number of aromatic nitrogens is 1. The Morgan fingerprint density at radius 3 is 2.65 bits per heavy atom. The van der Waals surface area contributed by atoms with E-state index in [9.17, 15) is 9.50 Å². The number of nitrogens with zero attached hydrogens (tertiary/aromatic N) is 2. The lowest BCUT2D eigenvalue weighted by Gasteiger charge is -2.07. The molecule has 3 rings (SSSR count). The highest BCUT2D eigenvalue weighted by atomic mass is 19.1. The van der Waals surface area contributed by atoms with Gasteiger partial charge in [-0.15, -0.1) is 0 Å². The van der Waals surface area contributed by atoms with Crippen LogP contribution in [-0.4, -0.2) is 10.1 Å². The zero-order chi connectivity index (χ0) is 16.2. The van der Waals surface area contributed by atoms with Crippen molar-refractivity contribution in [1.29, 1.82) is 5.26 Å². The summed E-state index contributed by atoms with van der Waals surface area (Å²) >= 11 is 0. The van der Waals surface area contributed by atoms with Crippen molar-refractivity contribution in [2.24, 2.45) is 0 Å². The van der Waals surface area contributed by atoms with Crippen LogP contribution in [0.1, 0.15) is 5.56 Å². The van der Waals surface area contributed by atoms with Crippen LogP contribution in [0.3, 0.4) is 0 Å². The molecule has 0 spiro atoms. The third-order valence-electron chi connectivity index (χ3n) is 3.15. The van der Waals surface area contributed by atoms with Gasteiger partial charge in [-0.25, -0.2) is 9.37 Å². The SMILES string of the molecule is N#Cc1cccc(-c2cccc(Oc3ccc(F)c(O)c3)n2)c1. The van der Waals surface area contributed by atoms with Crippen LogP contribution in [0.25, 0.3) is 11.3 Å². The minimum absolute atomic E-state index is 0.277. The maximum Gasteiger partial charge on any atom is 0.219 e. The zero-order valence-corrected chi connectivity index (χ0v) is 11.9. The Labute approximate surface area is 132 Å². The summed E-state index contributed by atoms with van der Waals surface area (Å²) in [6.07, 6.45) is 0. The van der Waals surface area contributed by atoms with E-state index in [0.717, 1.165) is 11.6 Å². The first-order chi connectivity index (χ1) is 11.2. The van der Waals surface area contributed by atoms with Crippen molar-refractivity contribution in [3.63, 3.8) is 0 Å². The summed E-state index contributed by atoms with van der Waals surface area (Å²) < 4.78 is 18.6. The molecule has 0 atom stereocenters. The number of phenolic OH excluding ortho intramolecular Hbond substituents is 1. The third-order valence-corrected chi connectivity index (χ3v) is 3.15. The Morgan fingerprint density at radius 1 is 1.04 bits per heavy atom. The second-order valence-electron chi connectivity index (χ2n) is 4.77. The molecule has 2 aromatic carbocycles. The molecule has 0 amide bonds. The van der Waals surface area contributed by atoms with Gasteiger partial charge < -0.3 is 9.84 Å². The van der Waals surface area contributed by atoms with Crippen LogP contribution in [0.5, 0.6) is 17.4 Å². The van der Waals surface area contributed by atoms with Gasteiger partial charge in [0.25, 0.3) is 0 Å². The molecule has 1 N–H and O–H groups in total. The van der Waals surface area contributed by atoms with Gasteiger partial charge in [0.15, 0.2) is 11.6 Å². The summed E-state index contributed by atoms with van der Waals surface area (Å²) in [5.41, 5.74) is 1.97. The highest BCUT2D eigenvalue weighted by Crippen LogP contribution is 2.27. The van der Waals surface area contributed by atoms with E-state index in [4.69, 9.17) is 10.00 Å². The van der Waals surface area contributed by atoms with Gasteiger partial charge in [-0.2, -0.15) is 5.26 Å². The van der Waals surface area contributed by atoms with E-state index in [1.165, 1.54) is 12.1 Å². The third kappa shape index (κ3) is 3.27. The van der Waals surface area contributed by atoms with Crippen molar-refractivity contribution in [2.45, 2.75) is 0 Å². The molecule has 0 radical (unpaired) electrons. The molecule has 0 saturated carbocycles. The molecule has 23 heavy (non-hydrogen) atoms. The number of hydrogen-bond donors (Lipinski definition) is 1. The molecule has 0 bridgehead atoms. The number of pyridine rings is 1. The van der Waals surface area contributed by atoms with Gasteiger partial charge in [-0.3, -0.25) is 0 Å². The second kappa shape index (κ2) is 6.16. The molecule has 0 unspecified atom stereocenters. The van der Waals surface area contributed by atoms with E-state index < -0.39 is 11.6 Å². The average molecular weight is 306 g/mol. The zero-order valence-electron chi connectivity index (χ0n) is 11.9. The van der Waals surface area contributed by atoms with Crippen LogP contribution in [-0.2, 0) is 0 Å².